The molecule has 0 radical (unpaired) electrons. The van der Waals surface area contributed by atoms with Gasteiger partial charge in [-0.1, -0.05) is 78.6 Å². The van der Waals surface area contributed by atoms with Crippen molar-refractivity contribution in [1.29, 1.82) is 0 Å². The normalized spacial score (nSPS) is 13.2. The summed E-state index contributed by atoms with van der Waals surface area (Å²) in [6.07, 6.45) is 14.2. The van der Waals surface area contributed by atoms with Gasteiger partial charge in [-0.05, 0) is 18.8 Å². The molecule has 0 saturated carbocycles. The van der Waals surface area contributed by atoms with E-state index in [-0.39, 0.29) is 6.10 Å². The van der Waals surface area contributed by atoms with E-state index in [9.17, 15) is 5.11 Å². The van der Waals surface area contributed by atoms with Crippen molar-refractivity contribution in [2.75, 3.05) is 0 Å². The summed E-state index contributed by atoms with van der Waals surface area (Å²) >= 11 is 0. The summed E-state index contributed by atoms with van der Waals surface area (Å²) in [6.45, 7) is 6.63. The van der Waals surface area contributed by atoms with Gasteiger partial charge in [0, 0.05) is 0 Å². The Morgan fingerprint density at radius 3 is 1.71 bits per heavy atom. The highest BCUT2D eigenvalue weighted by atomic mass is 16.3. The van der Waals surface area contributed by atoms with Gasteiger partial charge in [-0.25, -0.2) is 0 Å². The summed E-state index contributed by atoms with van der Waals surface area (Å²) in [5.41, 5.74) is 0. The lowest BCUT2D eigenvalue weighted by molar-refractivity contribution is 0.136. The lowest BCUT2D eigenvalue weighted by Gasteiger charge is -2.12. The van der Waals surface area contributed by atoms with Crippen LogP contribution in [0.1, 0.15) is 91.4 Å². The Kier molecular flexibility index (Phi) is 12.4. The second kappa shape index (κ2) is 12.4. The van der Waals surface area contributed by atoms with Gasteiger partial charge >= 0.3 is 0 Å². The standard InChI is InChI=1S/C16H34O/c1-4-5-6-7-8-9-10-11-12-13-16(17)14-15(2)3/h15-17H,4-14H2,1-3H3. The first-order valence-electron chi connectivity index (χ1n) is 7.84. The molecule has 104 valence electrons. The Morgan fingerprint density at radius 2 is 1.24 bits per heavy atom. The largest absolute Gasteiger partial charge is 0.393 e. The van der Waals surface area contributed by atoms with E-state index in [1.165, 1.54) is 57.8 Å². The van der Waals surface area contributed by atoms with Gasteiger partial charge in [0.05, 0.1) is 6.10 Å². The van der Waals surface area contributed by atoms with Crippen LogP contribution in [0.3, 0.4) is 0 Å². The zero-order valence-corrected chi connectivity index (χ0v) is 12.4. The molecule has 0 bridgehead atoms. The molecule has 0 rings (SSSR count). The Bertz CT molecular complexity index is 142. The van der Waals surface area contributed by atoms with Crippen LogP contribution in [0.25, 0.3) is 0 Å². The maximum atomic E-state index is 9.72. The molecule has 0 aliphatic carbocycles. The Morgan fingerprint density at radius 1 is 0.765 bits per heavy atom. The predicted molar refractivity (Wildman–Crippen MR) is 77.3 cm³/mol. The smallest absolute Gasteiger partial charge is 0.0542 e. The monoisotopic (exact) mass is 242 g/mol. The first kappa shape index (κ1) is 17.0. The van der Waals surface area contributed by atoms with Gasteiger partial charge < -0.3 is 5.11 Å². The minimum absolute atomic E-state index is 0.0560. The van der Waals surface area contributed by atoms with E-state index in [1.54, 1.807) is 0 Å². The zero-order chi connectivity index (χ0) is 12.9. The van der Waals surface area contributed by atoms with Crippen LogP contribution in [0.5, 0.6) is 0 Å². The quantitative estimate of drug-likeness (QED) is 0.460. The molecule has 1 nitrogen and oxygen atoms in total. The fourth-order valence-electron chi connectivity index (χ4n) is 2.35. The van der Waals surface area contributed by atoms with Crippen LogP contribution in [0.4, 0.5) is 0 Å². The topological polar surface area (TPSA) is 20.2 Å². The first-order valence-corrected chi connectivity index (χ1v) is 7.84. The second-order valence-corrected chi connectivity index (χ2v) is 5.90. The van der Waals surface area contributed by atoms with Crippen molar-refractivity contribution in [3.8, 4) is 0 Å². The van der Waals surface area contributed by atoms with E-state index in [0.717, 1.165) is 12.8 Å². The van der Waals surface area contributed by atoms with Crippen LogP contribution in [-0.2, 0) is 0 Å². The fourth-order valence-corrected chi connectivity index (χ4v) is 2.35. The predicted octanol–water partition coefficient (Wildman–Crippen LogP) is 5.31. The van der Waals surface area contributed by atoms with E-state index in [4.69, 9.17) is 0 Å². The molecule has 0 aliphatic rings. The number of aliphatic hydroxyl groups is 1. The fraction of sp³-hybridized carbons (Fsp3) is 1.00. The molecule has 0 aliphatic heterocycles. The van der Waals surface area contributed by atoms with E-state index in [0.29, 0.717) is 5.92 Å². The summed E-state index contributed by atoms with van der Waals surface area (Å²) in [7, 11) is 0. The summed E-state index contributed by atoms with van der Waals surface area (Å²) in [4.78, 5) is 0. The van der Waals surface area contributed by atoms with Crippen LogP contribution in [-0.4, -0.2) is 11.2 Å². The molecule has 17 heavy (non-hydrogen) atoms. The van der Waals surface area contributed by atoms with E-state index < -0.39 is 0 Å². The molecule has 1 N–H and O–H groups in total. The average Bonchev–Trinajstić information content (AvgIpc) is 2.26. The zero-order valence-electron chi connectivity index (χ0n) is 12.4. The molecule has 0 saturated heterocycles. The first-order chi connectivity index (χ1) is 8.16. The summed E-state index contributed by atoms with van der Waals surface area (Å²) in [6, 6.07) is 0. The van der Waals surface area contributed by atoms with Crippen molar-refractivity contribution in [2.45, 2.75) is 97.5 Å². The number of aliphatic hydroxyl groups excluding tert-OH is 1. The Balaban J connectivity index is 3.07. The highest BCUT2D eigenvalue weighted by Gasteiger charge is 2.05. The molecule has 0 amide bonds. The molecule has 0 aromatic heterocycles. The second-order valence-electron chi connectivity index (χ2n) is 5.90. The van der Waals surface area contributed by atoms with Crippen molar-refractivity contribution in [3.05, 3.63) is 0 Å². The molecule has 0 aromatic rings. The third-order valence-electron chi connectivity index (χ3n) is 3.38. The van der Waals surface area contributed by atoms with Crippen LogP contribution in [0.15, 0.2) is 0 Å². The van der Waals surface area contributed by atoms with Crippen LogP contribution in [0.2, 0.25) is 0 Å². The Labute approximate surface area is 109 Å². The number of unbranched alkanes of at least 4 members (excludes halogenated alkanes) is 8. The van der Waals surface area contributed by atoms with E-state index >= 15 is 0 Å². The van der Waals surface area contributed by atoms with Crippen LogP contribution in [0, 0.1) is 5.92 Å². The molecular weight excluding hydrogens is 208 g/mol. The molecule has 1 unspecified atom stereocenters. The Hall–Kier alpha value is -0.0400. The molecule has 1 heteroatoms. The van der Waals surface area contributed by atoms with Crippen molar-refractivity contribution in [2.24, 2.45) is 5.92 Å². The van der Waals surface area contributed by atoms with Gasteiger partial charge in [-0.2, -0.15) is 0 Å². The highest BCUT2D eigenvalue weighted by Crippen LogP contribution is 2.14. The van der Waals surface area contributed by atoms with Gasteiger partial charge in [0.25, 0.3) is 0 Å². The average molecular weight is 242 g/mol. The summed E-state index contributed by atoms with van der Waals surface area (Å²) in [5, 5.41) is 9.72. The number of hydrogen-bond donors (Lipinski definition) is 1. The molecule has 0 aromatic carbocycles. The van der Waals surface area contributed by atoms with E-state index in [1.807, 2.05) is 0 Å². The van der Waals surface area contributed by atoms with Gasteiger partial charge in [0.1, 0.15) is 0 Å². The van der Waals surface area contributed by atoms with E-state index in [2.05, 4.69) is 20.8 Å². The number of hydrogen-bond acceptors (Lipinski definition) is 1. The SMILES string of the molecule is CCCCCCCCCCCC(O)CC(C)C. The minimum atomic E-state index is -0.0560. The third-order valence-corrected chi connectivity index (χ3v) is 3.38. The van der Waals surface area contributed by atoms with Gasteiger partial charge in [0.15, 0.2) is 0 Å². The van der Waals surface area contributed by atoms with Crippen molar-refractivity contribution in [1.82, 2.24) is 0 Å². The van der Waals surface area contributed by atoms with Crippen molar-refractivity contribution < 1.29 is 5.11 Å². The van der Waals surface area contributed by atoms with Gasteiger partial charge in [0.2, 0.25) is 0 Å². The lowest BCUT2D eigenvalue weighted by atomic mass is 10.00. The number of rotatable bonds is 12. The maximum absolute atomic E-state index is 9.72. The maximum Gasteiger partial charge on any atom is 0.0542 e. The molecule has 0 heterocycles. The van der Waals surface area contributed by atoms with Crippen molar-refractivity contribution >= 4 is 0 Å². The van der Waals surface area contributed by atoms with Gasteiger partial charge in [-0.3, -0.25) is 0 Å². The molecule has 0 spiro atoms. The van der Waals surface area contributed by atoms with Gasteiger partial charge in [-0.15, -0.1) is 0 Å². The molecule has 1 atom stereocenters. The van der Waals surface area contributed by atoms with Crippen molar-refractivity contribution in [3.63, 3.8) is 0 Å². The summed E-state index contributed by atoms with van der Waals surface area (Å²) in [5.74, 6) is 0.628. The summed E-state index contributed by atoms with van der Waals surface area (Å²) < 4.78 is 0. The lowest BCUT2D eigenvalue weighted by Crippen LogP contribution is -2.09. The highest BCUT2D eigenvalue weighted by molar-refractivity contribution is 4.58. The third kappa shape index (κ3) is 13.9. The van der Waals surface area contributed by atoms with Crippen LogP contribution < -0.4 is 0 Å². The van der Waals surface area contributed by atoms with Crippen LogP contribution >= 0.6 is 0 Å². The minimum Gasteiger partial charge on any atom is -0.393 e. The molecular formula is C16H34O. The molecule has 0 fully saturated rings.